The molecule has 1 aromatic carbocycles. The number of aryl methyl sites for hydroxylation is 4. The van der Waals surface area contributed by atoms with Crippen molar-refractivity contribution in [2.24, 2.45) is 21.1 Å². The van der Waals surface area contributed by atoms with Gasteiger partial charge in [-0.3, -0.25) is 9.36 Å². The van der Waals surface area contributed by atoms with Crippen molar-refractivity contribution in [1.82, 2.24) is 24.1 Å². The Balaban J connectivity index is 1.83. The number of aliphatic hydroxyl groups excluding tert-OH is 1. The molecule has 9 nitrogen and oxygen atoms in total. The standard InChI is InChI=1S/C24H27BrClN5O4/c1-13-20(18(28-30(13)3)12-35-11-14-10-19(25)31(4)27-14)21-17(26)8-7-16-15(6-5-9-32)23(24(33)34)29(2)22(16)21/h7-8,10,32H,5-6,9,11-12H2,1-4H3,(H,33,34). The number of halogens is 2. The van der Waals surface area contributed by atoms with Crippen molar-refractivity contribution >= 4 is 44.4 Å². The zero-order chi connectivity index (χ0) is 25.4. The summed E-state index contributed by atoms with van der Waals surface area (Å²) in [5, 5.41) is 29.7. The Kier molecular flexibility index (Phi) is 7.37. The largest absolute Gasteiger partial charge is 0.477 e. The summed E-state index contributed by atoms with van der Waals surface area (Å²) in [5.41, 5.74) is 5.49. The Hall–Kier alpha value is -2.66. The van der Waals surface area contributed by atoms with Gasteiger partial charge >= 0.3 is 5.97 Å². The SMILES string of the molecule is Cc1c(-c2c(Cl)ccc3c(CCCO)c(C(=O)O)n(C)c23)c(COCc2cc(Br)n(C)n2)nn1C. The van der Waals surface area contributed by atoms with E-state index in [1.54, 1.807) is 27.0 Å². The molecule has 3 aromatic heterocycles. The predicted molar refractivity (Wildman–Crippen MR) is 137 cm³/mol. The molecule has 0 aliphatic heterocycles. The minimum atomic E-state index is -1.02. The summed E-state index contributed by atoms with van der Waals surface area (Å²) in [6, 6.07) is 5.53. The van der Waals surface area contributed by atoms with Crippen LogP contribution >= 0.6 is 27.5 Å². The Morgan fingerprint density at radius 3 is 2.51 bits per heavy atom. The molecule has 0 spiro atoms. The van der Waals surface area contributed by atoms with Gasteiger partial charge in [-0.25, -0.2) is 4.79 Å². The highest BCUT2D eigenvalue weighted by Gasteiger charge is 2.27. The first-order valence-corrected chi connectivity index (χ1v) is 12.3. The molecule has 4 rings (SSSR count). The number of rotatable bonds is 9. The smallest absolute Gasteiger partial charge is 0.352 e. The lowest BCUT2D eigenvalue weighted by Gasteiger charge is -2.11. The first-order chi connectivity index (χ1) is 16.6. The lowest BCUT2D eigenvalue weighted by molar-refractivity contribution is 0.0685. The summed E-state index contributed by atoms with van der Waals surface area (Å²) < 4.78 is 12.0. The molecule has 0 fully saturated rings. The highest BCUT2D eigenvalue weighted by atomic mass is 79.9. The lowest BCUT2D eigenvalue weighted by atomic mass is 9.98. The van der Waals surface area contributed by atoms with Crippen LogP contribution < -0.4 is 0 Å². The Bertz CT molecular complexity index is 1400. The number of carbonyl (C=O) groups is 1. The maximum atomic E-state index is 12.2. The van der Waals surface area contributed by atoms with Crippen molar-refractivity contribution in [3.63, 3.8) is 0 Å². The van der Waals surface area contributed by atoms with Crippen molar-refractivity contribution in [2.75, 3.05) is 6.61 Å². The van der Waals surface area contributed by atoms with Gasteiger partial charge in [0.15, 0.2) is 0 Å². The molecule has 35 heavy (non-hydrogen) atoms. The summed E-state index contributed by atoms with van der Waals surface area (Å²) >= 11 is 10.2. The van der Waals surface area contributed by atoms with Crippen molar-refractivity contribution < 1.29 is 19.7 Å². The highest BCUT2D eigenvalue weighted by molar-refractivity contribution is 9.10. The number of hydrogen-bond donors (Lipinski definition) is 2. The van der Waals surface area contributed by atoms with Crippen LogP contribution in [-0.2, 0) is 45.5 Å². The number of nitrogens with zero attached hydrogens (tertiary/aromatic N) is 5. The molecule has 3 heterocycles. The van der Waals surface area contributed by atoms with E-state index in [0.29, 0.717) is 46.8 Å². The van der Waals surface area contributed by atoms with E-state index in [1.807, 2.05) is 33.2 Å². The number of aromatic nitrogens is 5. The van der Waals surface area contributed by atoms with Gasteiger partial charge in [-0.15, -0.1) is 0 Å². The Morgan fingerprint density at radius 2 is 1.89 bits per heavy atom. The number of aromatic carboxylic acids is 1. The van der Waals surface area contributed by atoms with Gasteiger partial charge in [0, 0.05) is 50.0 Å². The summed E-state index contributed by atoms with van der Waals surface area (Å²) in [7, 11) is 5.43. The number of carboxylic acids is 1. The number of fused-ring (bicyclic) bond motifs is 1. The monoisotopic (exact) mass is 563 g/mol. The van der Waals surface area contributed by atoms with Crippen molar-refractivity contribution in [3.8, 4) is 11.1 Å². The summed E-state index contributed by atoms with van der Waals surface area (Å²) in [6.45, 7) is 2.47. The number of ether oxygens (including phenoxy) is 1. The summed E-state index contributed by atoms with van der Waals surface area (Å²) in [5.74, 6) is -1.02. The van der Waals surface area contributed by atoms with Crippen LogP contribution in [-0.4, -0.2) is 46.9 Å². The van der Waals surface area contributed by atoms with Gasteiger partial charge in [-0.05, 0) is 53.4 Å². The molecule has 4 aromatic rings. The van der Waals surface area contributed by atoms with Crippen molar-refractivity contribution in [3.05, 3.63) is 56.2 Å². The van der Waals surface area contributed by atoms with E-state index in [0.717, 1.165) is 26.9 Å². The second-order valence-corrected chi connectivity index (χ2v) is 9.66. The quantitative estimate of drug-likeness (QED) is 0.313. The average Bonchev–Trinajstić information content (AvgIpc) is 3.38. The third-order valence-corrected chi connectivity index (χ3v) is 7.27. The van der Waals surface area contributed by atoms with E-state index in [9.17, 15) is 15.0 Å². The number of aliphatic hydroxyl groups is 1. The maximum absolute atomic E-state index is 12.2. The molecular weight excluding hydrogens is 538 g/mol. The fourth-order valence-electron chi connectivity index (χ4n) is 4.55. The van der Waals surface area contributed by atoms with Gasteiger partial charge in [0.05, 0.1) is 35.1 Å². The van der Waals surface area contributed by atoms with E-state index in [-0.39, 0.29) is 18.9 Å². The minimum absolute atomic E-state index is 0.0219. The molecule has 0 saturated heterocycles. The van der Waals surface area contributed by atoms with Crippen LogP contribution in [0.3, 0.4) is 0 Å². The zero-order valence-corrected chi connectivity index (χ0v) is 22.3. The summed E-state index contributed by atoms with van der Waals surface area (Å²) in [6.07, 6.45) is 0.907. The van der Waals surface area contributed by atoms with Gasteiger partial charge < -0.3 is 19.5 Å². The third-order valence-electron chi connectivity index (χ3n) is 6.21. The predicted octanol–water partition coefficient (Wildman–Crippen LogP) is 4.38. The molecule has 0 amide bonds. The number of carboxylic acid groups (broad SMARTS) is 1. The van der Waals surface area contributed by atoms with Gasteiger partial charge in [0.2, 0.25) is 0 Å². The molecule has 0 unspecified atom stereocenters. The average molecular weight is 565 g/mol. The van der Waals surface area contributed by atoms with E-state index < -0.39 is 5.97 Å². The molecule has 0 aliphatic rings. The Morgan fingerprint density at radius 1 is 1.14 bits per heavy atom. The van der Waals surface area contributed by atoms with Gasteiger partial charge in [0.25, 0.3) is 0 Å². The topological polar surface area (TPSA) is 107 Å². The fourth-order valence-corrected chi connectivity index (χ4v) is 5.14. The first-order valence-electron chi connectivity index (χ1n) is 11.1. The van der Waals surface area contributed by atoms with Gasteiger partial charge in [0.1, 0.15) is 10.3 Å². The van der Waals surface area contributed by atoms with E-state index in [1.165, 1.54) is 0 Å². The molecule has 186 valence electrons. The molecule has 2 N–H and O–H groups in total. The Labute approximate surface area is 216 Å². The third kappa shape index (κ3) is 4.63. The van der Waals surface area contributed by atoms with Crippen LogP contribution in [0.4, 0.5) is 0 Å². The van der Waals surface area contributed by atoms with Gasteiger partial charge in [-0.2, -0.15) is 10.2 Å². The van der Waals surface area contributed by atoms with Crippen molar-refractivity contribution in [1.29, 1.82) is 0 Å². The second-order valence-electron chi connectivity index (χ2n) is 8.44. The highest BCUT2D eigenvalue weighted by Crippen LogP contribution is 2.42. The van der Waals surface area contributed by atoms with Crippen LogP contribution in [0.5, 0.6) is 0 Å². The fraction of sp³-hybridized carbons (Fsp3) is 0.375. The van der Waals surface area contributed by atoms with Crippen LogP contribution in [0.2, 0.25) is 5.02 Å². The van der Waals surface area contributed by atoms with Gasteiger partial charge in [-0.1, -0.05) is 17.7 Å². The van der Waals surface area contributed by atoms with Crippen LogP contribution in [0.25, 0.3) is 22.0 Å². The maximum Gasteiger partial charge on any atom is 0.352 e. The van der Waals surface area contributed by atoms with E-state index in [4.69, 9.17) is 16.3 Å². The molecule has 0 saturated carbocycles. The zero-order valence-electron chi connectivity index (χ0n) is 20.0. The molecule has 0 radical (unpaired) electrons. The molecule has 11 heteroatoms. The molecule has 0 atom stereocenters. The molecule has 0 aliphatic carbocycles. The number of hydrogen-bond acceptors (Lipinski definition) is 5. The normalized spacial score (nSPS) is 11.6. The minimum Gasteiger partial charge on any atom is -0.477 e. The van der Waals surface area contributed by atoms with E-state index >= 15 is 0 Å². The second kappa shape index (κ2) is 10.1. The molecular formula is C24H27BrClN5O4. The number of benzene rings is 1. The van der Waals surface area contributed by atoms with Crippen LogP contribution in [0, 0.1) is 6.92 Å². The summed E-state index contributed by atoms with van der Waals surface area (Å²) in [4.78, 5) is 12.2. The lowest BCUT2D eigenvalue weighted by Crippen LogP contribution is -2.08. The first kappa shape index (κ1) is 25.4. The van der Waals surface area contributed by atoms with Crippen LogP contribution in [0.15, 0.2) is 22.8 Å². The van der Waals surface area contributed by atoms with E-state index in [2.05, 4.69) is 26.1 Å². The molecule has 0 bridgehead atoms. The van der Waals surface area contributed by atoms with Crippen molar-refractivity contribution in [2.45, 2.75) is 33.0 Å². The van der Waals surface area contributed by atoms with Crippen LogP contribution in [0.1, 0.15) is 39.6 Å².